The van der Waals surface area contributed by atoms with E-state index in [4.69, 9.17) is 25.8 Å². The first kappa shape index (κ1) is 17.6. The zero-order valence-electron chi connectivity index (χ0n) is 14.3. The van der Waals surface area contributed by atoms with Gasteiger partial charge in [-0.2, -0.15) is 5.10 Å². The van der Waals surface area contributed by atoms with E-state index in [2.05, 4.69) is 10.5 Å². The highest BCUT2D eigenvalue weighted by Crippen LogP contribution is 2.37. The van der Waals surface area contributed by atoms with Crippen LogP contribution in [-0.2, 0) is 0 Å². The molecule has 0 saturated carbocycles. The number of thiophene rings is 1. The van der Waals surface area contributed by atoms with E-state index in [-0.39, 0.29) is 5.91 Å². The van der Waals surface area contributed by atoms with Gasteiger partial charge in [0.05, 0.1) is 18.3 Å². The van der Waals surface area contributed by atoms with Crippen molar-refractivity contribution < 1.29 is 19.0 Å². The summed E-state index contributed by atoms with van der Waals surface area (Å²) >= 11 is 7.64. The number of carbonyl (C=O) groups is 1. The topological polar surface area (TPSA) is 69.2 Å². The van der Waals surface area contributed by atoms with Crippen molar-refractivity contribution in [2.45, 2.75) is 0 Å². The predicted octanol–water partition coefficient (Wildman–Crippen LogP) is 4.10. The van der Waals surface area contributed by atoms with E-state index in [1.54, 1.807) is 13.3 Å². The van der Waals surface area contributed by atoms with Gasteiger partial charge in [0, 0.05) is 10.1 Å². The standard InChI is InChI=1S/C19H15ClN2O4S/c1-24-12-3-4-13-16(9-12)27-18(17(13)20)19(23)22-21-10-11-2-5-14-15(8-11)26-7-6-25-14/h2-5,8-10H,6-7H2,1H3,(H,22,23)/b21-10+. The number of carbonyl (C=O) groups excluding carboxylic acids is 1. The number of hydrogen-bond acceptors (Lipinski definition) is 6. The van der Waals surface area contributed by atoms with E-state index >= 15 is 0 Å². The molecule has 0 unspecified atom stereocenters. The fourth-order valence-corrected chi connectivity index (χ4v) is 4.11. The quantitative estimate of drug-likeness (QED) is 0.527. The molecule has 1 aromatic heterocycles. The normalized spacial score (nSPS) is 13.1. The third-order valence-corrected chi connectivity index (χ3v) is 5.64. The number of halogens is 1. The number of nitrogens with one attached hydrogen (secondary N) is 1. The minimum absolute atomic E-state index is 0.367. The Morgan fingerprint density at radius 1 is 1.22 bits per heavy atom. The summed E-state index contributed by atoms with van der Waals surface area (Å²) in [6, 6.07) is 10.9. The van der Waals surface area contributed by atoms with Crippen LogP contribution in [-0.4, -0.2) is 32.4 Å². The van der Waals surface area contributed by atoms with Gasteiger partial charge in [-0.3, -0.25) is 4.79 Å². The molecule has 6 nitrogen and oxygen atoms in total. The second-order valence-electron chi connectivity index (χ2n) is 5.71. The second-order valence-corrected chi connectivity index (χ2v) is 7.14. The van der Waals surface area contributed by atoms with Crippen molar-refractivity contribution in [2.24, 2.45) is 5.10 Å². The molecular formula is C19H15ClN2O4S. The molecular weight excluding hydrogens is 388 g/mol. The molecule has 1 aliphatic rings. The maximum atomic E-state index is 12.4. The minimum Gasteiger partial charge on any atom is -0.497 e. The van der Waals surface area contributed by atoms with Gasteiger partial charge in [-0.05, 0) is 42.0 Å². The van der Waals surface area contributed by atoms with Gasteiger partial charge in [0.2, 0.25) is 0 Å². The van der Waals surface area contributed by atoms with Gasteiger partial charge in [0.25, 0.3) is 5.91 Å². The van der Waals surface area contributed by atoms with Gasteiger partial charge >= 0.3 is 0 Å². The van der Waals surface area contributed by atoms with Gasteiger partial charge in [0.1, 0.15) is 23.8 Å². The number of ether oxygens (including phenoxy) is 3. The molecule has 8 heteroatoms. The van der Waals surface area contributed by atoms with Crippen molar-refractivity contribution in [1.29, 1.82) is 0 Å². The van der Waals surface area contributed by atoms with Crippen LogP contribution in [0.2, 0.25) is 5.02 Å². The Balaban J connectivity index is 1.50. The van der Waals surface area contributed by atoms with Crippen molar-refractivity contribution in [1.82, 2.24) is 5.43 Å². The monoisotopic (exact) mass is 402 g/mol. The van der Waals surface area contributed by atoms with Crippen LogP contribution in [0.5, 0.6) is 17.2 Å². The summed E-state index contributed by atoms with van der Waals surface area (Å²) in [5, 5.41) is 5.23. The van der Waals surface area contributed by atoms with Crippen LogP contribution >= 0.6 is 22.9 Å². The van der Waals surface area contributed by atoms with Crippen molar-refractivity contribution in [2.75, 3.05) is 20.3 Å². The van der Waals surface area contributed by atoms with E-state index in [9.17, 15) is 4.79 Å². The summed E-state index contributed by atoms with van der Waals surface area (Å²) in [5.74, 6) is 1.71. The summed E-state index contributed by atoms with van der Waals surface area (Å²) in [7, 11) is 1.59. The van der Waals surface area contributed by atoms with Crippen LogP contribution in [0.1, 0.15) is 15.2 Å². The molecule has 4 rings (SSSR count). The van der Waals surface area contributed by atoms with Gasteiger partial charge < -0.3 is 14.2 Å². The molecule has 3 aromatic rings. The number of nitrogens with zero attached hydrogens (tertiary/aromatic N) is 1. The predicted molar refractivity (Wildman–Crippen MR) is 106 cm³/mol. The van der Waals surface area contributed by atoms with E-state index in [0.717, 1.165) is 15.6 Å². The lowest BCUT2D eigenvalue weighted by Gasteiger charge is -2.18. The largest absolute Gasteiger partial charge is 0.497 e. The summed E-state index contributed by atoms with van der Waals surface area (Å²) in [6.45, 7) is 1.05. The smallest absolute Gasteiger partial charge is 0.283 e. The lowest BCUT2D eigenvalue weighted by Crippen LogP contribution is -2.17. The van der Waals surface area contributed by atoms with Crippen LogP contribution in [0.25, 0.3) is 10.1 Å². The molecule has 1 N–H and O–H groups in total. The van der Waals surface area contributed by atoms with Crippen LogP contribution in [0.3, 0.4) is 0 Å². The zero-order valence-corrected chi connectivity index (χ0v) is 15.9. The number of amides is 1. The van der Waals surface area contributed by atoms with Crippen LogP contribution in [0, 0.1) is 0 Å². The number of fused-ring (bicyclic) bond motifs is 2. The van der Waals surface area contributed by atoms with Crippen molar-refractivity contribution >= 4 is 45.1 Å². The summed E-state index contributed by atoms with van der Waals surface area (Å²) in [5.41, 5.74) is 3.30. The first-order chi connectivity index (χ1) is 13.2. The Bertz CT molecular complexity index is 1050. The van der Waals surface area contributed by atoms with Gasteiger partial charge in [-0.1, -0.05) is 11.6 Å². The highest BCUT2D eigenvalue weighted by molar-refractivity contribution is 7.21. The highest BCUT2D eigenvalue weighted by Gasteiger charge is 2.17. The first-order valence-electron chi connectivity index (χ1n) is 8.15. The van der Waals surface area contributed by atoms with Crippen LogP contribution < -0.4 is 19.6 Å². The lowest BCUT2D eigenvalue weighted by molar-refractivity contribution is 0.0959. The molecule has 0 atom stereocenters. The molecule has 0 spiro atoms. The van der Waals surface area contributed by atoms with Crippen molar-refractivity contribution in [3.63, 3.8) is 0 Å². The third kappa shape index (κ3) is 3.56. The van der Waals surface area contributed by atoms with Gasteiger partial charge in [0.15, 0.2) is 11.5 Å². The van der Waals surface area contributed by atoms with Gasteiger partial charge in [-0.15, -0.1) is 11.3 Å². The first-order valence-corrected chi connectivity index (χ1v) is 9.34. The van der Waals surface area contributed by atoms with E-state index in [0.29, 0.717) is 40.4 Å². The van der Waals surface area contributed by atoms with Crippen molar-refractivity contribution in [3.05, 3.63) is 51.9 Å². The molecule has 1 aliphatic heterocycles. The number of benzene rings is 2. The summed E-state index contributed by atoms with van der Waals surface area (Å²) in [6.07, 6.45) is 1.54. The Morgan fingerprint density at radius 2 is 2.04 bits per heavy atom. The second kappa shape index (κ2) is 7.46. The number of rotatable bonds is 4. The number of methoxy groups -OCH3 is 1. The molecule has 1 amide bonds. The molecule has 138 valence electrons. The fourth-order valence-electron chi connectivity index (χ4n) is 2.67. The molecule has 2 heterocycles. The summed E-state index contributed by atoms with van der Waals surface area (Å²) < 4.78 is 17.1. The molecule has 0 bridgehead atoms. The SMILES string of the molecule is COc1ccc2c(Cl)c(C(=O)N/N=C/c3ccc4c(c3)OCCO4)sc2c1. The summed E-state index contributed by atoms with van der Waals surface area (Å²) in [4.78, 5) is 12.8. The maximum absolute atomic E-state index is 12.4. The Labute approximate surface area is 164 Å². The maximum Gasteiger partial charge on any atom is 0.283 e. The number of hydrazone groups is 1. The Kier molecular flexibility index (Phi) is 4.87. The fraction of sp³-hybridized carbons (Fsp3) is 0.158. The van der Waals surface area contributed by atoms with E-state index < -0.39 is 0 Å². The number of hydrogen-bond donors (Lipinski definition) is 1. The van der Waals surface area contributed by atoms with E-state index in [1.807, 2.05) is 36.4 Å². The molecule has 2 aromatic carbocycles. The molecule has 27 heavy (non-hydrogen) atoms. The van der Waals surface area contributed by atoms with Crippen molar-refractivity contribution in [3.8, 4) is 17.2 Å². The van der Waals surface area contributed by atoms with Crippen LogP contribution in [0.15, 0.2) is 41.5 Å². The Morgan fingerprint density at radius 3 is 2.85 bits per heavy atom. The molecule has 0 fully saturated rings. The van der Waals surface area contributed by atoms with Crippen LogP contribution in [0.4, 0.5) is 0 Å². The lowest BCUT2D eigenvalue weighted by atomic mass is 10.2. The Hall–Kier alpha value is -2.77. The molecule has 0 aliphatic carbocycles. The third-order valence-electron chi connectivity index (χ3n) is 3.99. The van der Waals surface area contributed by atoms with E-state index in [1.165, 1.54) is 11.3 Å². The highest BCUT2D eigenvalue weighted by atomic mass is 35.5. The minimum atomic E-state index is -0.367. The average molecular weight is 403 g/mol. The van der Waals surface area contributed by atoms with Gasteiger partial charge in [-0.25, -0.2) is 5.43 Å². The average Bonchev–Trinajstić information content (AvgIpc) is 3.03. The molecule has 0 saturated heterocycles. The molecule has 0 radical (unpaired) electrons. The zero-order chi connectivity index (χ0) is 18.8.